The molecule has 0 saturated carbocycles. The molecule has 1 N–H and O–H groups in total. The standard InChI is InChI=1S/C25H34N2O2S/c1-5-7-16-26-25(29)23(6-2)27(17-21-11-9-8-10-20(21)4)24(28)18-30-22-14-12-19(3)13-15-22/h8-15,23H,5-7,16-18H2,1-4H3,(H,26,29). The molecule has 30 heavy (non-hydrogen) atoms. The summed E-state index contributed by atoms with van der Waals surface area (Å²) in [5.74, 6) is 0.239. The van der Waals surface area contributed by atoms with Crippen molar-refractivity contribution in [3.63, 3.8) is 0 Å². The van der Waals surface area contributed by atoms with Gasteiger partial charge in [0.05, 0.1) is 5.75 Å². The number of nitrogens with zero attached hydrogens (tertiary/aromatic N) is 1. The third kappa shape index (κ3) is 7.21. The van der Waals surface area contributed by atoms with Crippen molar-refractivity contribution < 1.29 is 9.59 Å². The maximum atomic E-state index is 13.3. The van der Waals surface area contributed by atoms with E-state index in [1.165, 1.54) is 17.3 Å². The van der Waals surface area contributed by atoms with Crippen LogP contribution in [0.3, 0.4) is 0 Å². The van der Waals surface area contributed by atoms with Gasteiger partial charge < -0.3 is 10.2 Å². The minimum Gasteiger partial charge on any atom is -0.354 e. The zero-order valence-corrected chi connectivity index (χ0v) is 19.4. The van der Waals surface area contributed by atoms with Crippen LogP contribution < -0.4 is 5.32 Å². The second-order valence-corrected chi connectivity index (χ2v) is 8.67. The summed E-state index contributed by atoms with van der Waals surface area (Å²) in [6, 6.07) is 15.8. The molecule has 2 rings (SSSR count). The SMILES string of the molecule is CCCCNC(=O)C(CC)N(Cc1ccccc1C)C(=O)CSc1ccc(C)cc1. The molecule has 4 nitrogen and oxygen atoms in total. The number of aryl methyl sites for hydroxylation is 2. The number of rotatable bonds is 11. The summed E-state index contributed by atoms with van der Waals surface area (Å²) in [6.07, 6.45) is 2.55. The summed E-state index contributed by atoms with van der Waals surface area (Å²) in [5, 5.41) is 3.01. The molecule has 0 spiro atoms. The predicted molar refractivity (Wildman–Crippen MR) is 126 cm³/mol. The van der Waals surface area contributed by atoms with E-state index in [9.17, 15) is 9.59 Å². The first-order valence-electron chi connectivity index (χ1n) is 10.8. The van der Waals surface area contributed by atoms with Gasteiger partial charge in [0.1, 0.15) is 6.04 Å². The molecule has 162 valence electrons. The maximum Gasteiger partial charge on any atom is 0.242 e. The second-order valence-electron chi connectivity index (χ2n) is 7.62. The Morgan fingerprint density at radius 1 is 1.03 bits per heavy atom. The minimum atomic E-state index is -0.465. The number of nitrogens with one attached hydrogen (secondary N) is 1. The van der Waals surface area contributed by atoms with E-state index in [4.69, 9.17) is 0 Å². The summed E-state index contributed by atoms with van der Waals surface area (Å²) < 4.78 is 0. The van der Waals surface area contributed by atoms with Gasteiger partial charge in [-0.1, -0.05) is 62.2 Å². The third-order valence-electron chi connectivity index (χ3n) is 5.20. The molecule has 2 aromatic carbocycles. The topological polar surface area (TPSA) is 49.4 Å². The van der Waals surface area contributed by atoms with Crippen molar-refractivity contribution in [2.45, 2.75) is 64.4 Å². The highest BCUT2D eigenvalue weighted by atomic mass is 32.2. The van der Waals surface area contributed by atoms with Gasteiger partial charge in [-0.2, -0.15) is 0 Å². The van der Waals surface area contributed by atoms with E-state index >= 15 is 0 Å². The molecule has 0 heterocycles. The van der Waals surface area contributed by atoms with Crippen molar-refractivity contribution >= 4 is 23.6 Å². The van der Waals surface area contributed by atoms with E-state index in [1.54, 1.807) is 4.90 Å². The van der Waals surface area contributed by atoms with Gasteiger partial charge in [0, 0.05) is 18.0 Å². The fourth-order valence-electron chi connectivity index (χ4n) is 3.26. The molecule has 0 aromatic heterocycles. The molecule has 0 aliphatic heterocycles. The summed E-state index contributed by atoms with van der Waals surface area (Å²) in [5.41, 5.74) is 3.40. The molecule has 1 unspecified atom stereocenters. The first-order valence-corrected chi connectivity index (χ1v) is 11.8. The highest BCUT2D eigenvalue weighted by Gasteiger charge is 2.28. The molecule has 2 amide bonds. The zero-order chi connectivity index (χ0) is 21.9. The Morgan fingerprint density at radius 2 is 1.73 bits per heavy atom. The number of carbonyl (C=O) groups is 2. The number of carbonyl (C=O) groups excluding carboxylic acids is 2. The Kier molecular flexibility index (Phi) is 9.95. The fraction of sp³-hybridized carbons (Fsp3) is 0.440. The Labute approximate surface area is 185 Å². The van der Waals surface area contributed by atoms with Crippen LogP contribution in [0.2, 0.25) is 0 Å². The van der Waals surface area contributed by atoms with E-state index in [1.807, 2.05) is 69.3 Å². The van der Waals surface area contributed by atoms with Crippen LogP contribution in [0.25, 0.3) is 0 Å². The number of thioether (sulfide) groups is 1. The molecule has 0 bridgehead atoms. The van der Waals surface area contributed by atoms with Crippen LogP contribution in [0, 0.1) is 13.8 Å². The van der Waals surface area contributed by atoms with Gasteiger partial charge in [-0.15, -0.1) is 11.8 Å². The number of hydrogen-bond acceptors (Lipinski definition) is 3. The van der Waals surface area contributed by atoms with Crippen LogP contribution in [0.15, 0.2) is 53.4 Å². The lowest BCUT2D eigenvalue weighted by atomic mass is 10.1. The van der Waals surface area contributed by atoms with Crippen LogP contribution in [0.5, 0.6) is 0 Å². The fourth-order valence-corrected chi connectivity index (χ4v) is 4.04. The van der Waals surface area contributed by atoms with E-state index in [0.29, 0.717) is 25.3 Å². The summed E-state index contributed by atoms with van der Waals surface area (Å²) in [6.45, 7) is 9.25. The first-order chi connectivity index (χ1) is 14.5. The number of hydrogen-bond donors (Lipinski definition) is 1. The highest BCUT2D eigenvalue weighted by Crippen LogP contribution is 2.21. The van der Waals surface area contributed by atoms with Gasteiger partial charge >= 0.3 is 0 Å². The maximum absolute atomic E-state index is 13.3. The Morgan fingerprint density at radius 3 is 2.37 bits per heavy atom. The average molecular weight is 427 g/mol. The summed E-state index contributed by atoms with van der Waals surface area (Å²) >= 11 is 1.52. The van der Waals surface area contributed by atoms with Gasteiger partial charge in [0.25, 0.3) is 0 Å². The van der Waals surface area contributed by atoms with Crippen molar-refractivity contribution in [3.05, 3.63) is 65.2 Å². The molecule has 5 heteroatoms. The predicted octanol–water partition coefficient (Wildman–Crippen LogP) is 5.12. The third-order valence-corrected chi connectivity index (χ3v) is 6.20. The van der Waals surface area contributed by atoms with Crippen LogP contribution in [0.4, 0.5) is 0 Å². The lowest BCUT2D eigenvalue weighted by molar-refractivity contribution is -0.139. The number of amides is 2. The lowest BCUT2D eigenvalue weighted by Gasteiger charge is -2.31. The van der Waals surface area contributed by atoms with Gasteiger partial charge in [-0.3, -0.25) is 9.59 Å². The smallest absolute Gasteiger partial charge is 0.242 e. The van der Waals surface area contributed by atoms with Crippen LogP contribution in [-0.4, -0.2) is 35.1 Å². The largest absolute Gasteiger partial charge is 0.354 e. The van der Waals surface area contributed by atoms with E-state index in [0.717, 1.165) is 28.9 Å². The van der Waals surface area contributed by atoms with Crippen molar-refractivity contribution in [3.8, 4) is 0 Å². The molecule has 0 saturated heterocycles. The quantitative estimate of drug-likeness (QED) is 0.401. The first kappa shape index (κ1) is 24.0. The van der Waals surface area contributed by atoms with Crippen molar-refractivity contribution in [1.82, 2.24) is 10.2 Å². The number of benzene rings is 2. The Bertz CT molecular complexity index is 820. The Balaban J connectivity index is 2.17. The minimum absolute atomic E-state index is 0.0127. The summed E-state index contributed by atoms with van der Waals surface area (Å²) in [4.78, 5) is 28.9. The van der Waals surface area contributed by atoms with E-state index in [-0.39, 0.29) is 11.8 Å². The van der Waals surface area contributed by atoms with E-state index < -0.39 is 6.04 Å². The molecule has 0 radical (unpaired) electrons. The number of unbranched alkanes of at least 4 members (excludes halogenated alkanes) is 1. The van der Waals surface area contributed by atoms with Gasteiger partial charge in [0.15, 0.2) is 0 Å². The monoisotopic (exact) mass is 426 g/mol. The molecule has 2 aromatic rings. The molecule has 0 fully saturated rings. The molecule has 0 aliphatic carbocycles. The zero-order valence-electron chi connectivity index (χ0n) is 18.6. The second kappa shape index (κ2) is 12.4. The molecule has 0 aliphatic rings. The molecular formula is C25H34N2O2S. The lowest BCUT2D eigenvalue weighted by Crippen LogP contribution is -2.49. The Hall–Kier alpha value is -2.27. The molecular weight excluding hydrogens is 392 g/mol. The van der Waals surface area contributed by atoms with Crippen molar-refractivity contribution in [1.29, 1.82) is 0 Å². The van der Waals surface area contributed by atoms with E-state index in [2.05, 4.69) is 12.2 Å². The van der Waals surface area contributed by atoms with Crippen LogP contribution in [0.1, 0.15) is 49.8 Å². The van der Waals surface area contributed by atoms with Crippen molar-refractivity contribution in [2.75, 3.05) is 12.3 Å². The van der Waals surface area contributed by atoms with Gasteiger partial charge in [-0.05, 0) is 49.9 Å². The van der Waals surface area contributed by atoms with Gasteiger partial charge in [0.2, 0.25) is 11.8 Å². The summed E-state index contributed by atoms with van der Waals surface area (Å²) in [7, 11) is 0. The van der Waals surface area contributed by atoms with Crippen LogP contribution >= 0.6 is 11.8 Å². The van der Waals surface area contributed by atoms with Crippen LogP contribution in [-0.2, 0) is 16.1 Å². The highest BCUT2D eigenvalue weighted by molar-refractivity contribution is 8.00. The van der Waals surface area contributed by atoms with Gasteiger partial charge in [-0.25, -0.2) is 0 Å². The molecule has 1 atom stereocenters. The normalized spacial score (nSPS) is 11.7. The average Bonchev–Trinajstić information content (AvgIpc) is 2.74. The van der Waals surface area contributed by atoms with Crippen molar-refractivity contribution in [2.24, 2.45) is 0 Å².